The third kappa shape index (κ3) is 4.12. The summed E-state index contributed by atoms with van der Waals surface area (Å²) < 4.78 is 37.6. The van der Waals surface area contributed by atoms with E-state index in [1.807, 2.05) is 6.07 Å². The molecule has 6 heteroatoms. The number of rotatable bonds is 6. The lowest BCUT2D eigenvalue weighted by atomic mass is 10.1. The second-order valence-electron chi connectivity index (χ2n) is 4.59. The van der Waals surface area contributed by atoms with E-state index in [0.29, 0.717) is 0 Å². The van der Waals surface area contributed by atoms with Crippen LogP contribution in [0, 0.1) is 11.6 Å². The molecule has 0 aliphatic carbocycles. The Balaban J connectivity index is 2.17. The van der Waals surface area contributed by atoms with Gasteiger partial charge in [0.1, 0.15) is 29.6 Å². The van der Waals surface area contributed by atoms with Crippen LogP contribution in [0.5, 0.6) is 5.75 Å². The van der Waals surface area contributed by atoms with E-state index in [9.17, 15) is 18.4 Å². The summed E-state index contributed by atoms with van der Waals surface area (Å²) in [5.41, 5.74) is -0.129. The van der Waals surface area contributed by atoms with Gasteiger partial charge in [-0.1, -0.05) is 30.3 Å². The second kappa shape index (κ2) is 7.49. The first-order chi connectivity index (χ1) is 11.0. The Labute approximate surface area is 131 Å². The van der Waals surface area contributed by atoms with Crippen molar-refractivity contribution in [3.8, 4) is 5.75 Å². The molecule has 0 fully saturated rings. The monoisotopic (exact) mass is 320 g/mol. The predicted octanol–water partition coefficient (Wildman–Crippen LogP) is 3.29. The van der Waals surface area contributed by atoms with Gasteiger partial charge in [0.15, 0.2) is 0 Å². The number of hydrogen-bond acceptors (Lipinski definition) is 4. The van der Waals surface area contributed by atoms with Gasteiger partial charge in [-0.05, 0) is 12.5 Å². The largest absolute Gasteiger partial charge is 0.489 e. The van der Waals surface area contributed by atoms with Gasteiger partial charge < -0.3 is 9.47 Å². The highest BCUT2D eigenvalue weighted by molar-refractivity contribution is 6.40. The number of ketones is 1. The Morgan fingerprint density at radius 2 is 1.65 bits per heavy atom. The van der Waals surface area contributed by atoms with Crippen LogP contribution in [0.2, 0.25) is 0 Å². The van der Waals surface area contributed by atoms with Gasteiger partial charge in [0.05, 0.1) is 6.61 Å². The molecule has 0 aromatic heterocycles. The maximum Gasteiger partial charge on any atom is 0.379 e. The first-order valence-electron chi connectivity index (χ1n) is 6.90. The van der Waals surface area contributed by atoms with Crippen LogP contribution in [-0.4, -0.2) is 18.4 Å². The van der Waals surface area contributed by atoms with Crippen molar-refractivity contribution in [2.24, 2.45) is 0 Å². The molecule has 2 rings (SSSR count). The van der Waals surface area contributed by atoms with Crippen molar-refractivity contribution in [3.63, 3.8) is 0 Å². The van der Waals surface area contributed by atoms with Crippen LogP contribution >= 0.6 is 0 Å². The molecule has 0 aliphatic heterocycles. The molecule has 0 N–H and O–H groups in total. The van der Waals surface area contributed by atoms with Gasteiger partial charge >= 0.3 is 5.97 Å². The van der Waals surface area contributed by atoms with Crippen LogP contribution in [0.1, 0.15) is 22.8 Å². The van der Waals surface area contributed by atoms with E-state index in [2.05, 4.69) is 4.74 Å². The zero-order chi connectivity index (χ0) is 16.8. The van der Waals surface area contributed by atoms with Crippen LogP contribution in [0.25, 0.3) is 0 Å². The van der Waals surface area contributed by atoms with E-state index in [1.54, 1.807) is 24.3 Å². The molecule has 0 saturated heterocycles. The average Bonchev–Trinajstić information content (AvgIpc) is 2.53. The Bertz CT molecular complexity index is 691. The Morgan fingerprint density at radius 3 is 2.22 bits per heavy atom. The zero-order valence-corrected chi connectivity index (χ0v) is 12.3. The molecule has 0 atom stereocenters. The summed E-state index contributed by atoms with van der Waals surface area (Å²) in [6.07, 6.45) is 0. The molecule has 0 heterocycles. The van der Waals surface area contributed by atoms with Crippen molar-refractivity contribution in [2.45, 2.75) is 13.5 Å². The van der Waals surface area contributed by atoms with Gasteiger partial charge in [-0.2, -0.15) is 0 Å². The molecule has 2 aromatic carbocycles. The van der Waals surface area contributed by atoms with E-state index in [1.165, 1.54) is 6.92 Å². The maximum atomic E-state index is 13.9. The van der Waals surface area contributed by atoms with Crippen molar-refractivity contribution in [3.05, 3.63) is 65.2 Å². The molecule has 0 aliphatic rings. The highest BCUT2D eigenvalue weighted by Gasteiger charge is 2.26. The fraction of sp³-hybridized carbons (Fsp3) is 0.176. The van der Waals surface area contributed by atoms with Gasteiger partial charge in [0.2, 0.25) is 0 Å². The summed E-state index contributed by atoms with van der Waals surface area (Å²) in [4.78, 5) is 23.0. The Kier molecular flexibility index (Phi) is 5.41. The van der Waals surface area contributed by atoms with Crippen molar-refractivity contribution in [1.82, 2.24) is 0 Å². The molecule has 4 nitrogen and oxygen atoms in total. The number of benzene rings is 2. The van der Waals surface area contributed by atoms with E-state index < -0.39 is 29.0 Å². The fourth-order valence-electron chi connectivity index (χ4n) is 1.89. The minimum atomic E-state index is -1.36. The summed E-state index contributed by atoms with van der Waals surface area (Å²) in [7, 11) is 0. The topological polar surface area (TPSA) is 52.6 Å². The van der Waals surface area contributed by atoms with E-state index in [-0.39, 0.29) is 19.0 Å². The normalized spacial score (nSPS) is 10.2. The summed E-state index contributed by atoms with van der Waals surface area (Å²) in [5, 5.41) is 0. The number of Topliss-reactive ketones (excluding diaryl/α,β-unsaturated/α-hetero) is 1. The van der Waals surface area contributed by atoms with Crippen LogP contribution in [0.3, 0.4) is 0 Å². The lowest BCUT2D eigenvalue weighted by molar-refractivity contribution is -0.137. The molecule has 0 amide bonds. The van der Waals surface area contributed by atoms with Crippen LogP contribution in [0.15, 0.2) is 42.5 Å². The molecular weight excluding hydrogens is 306 g/mol. The lowest BCUT2D eigenvalue weighted by Crippen LogP contribution is -2.20. The number of carbonyl (C=O) groups excluding carboxylic acids is 2. The molecular formula is C17H14F2O4. The van der Waals surface area contributed by atoms with Crippen molar-refractivity contribution in [1.29, 1.82) is 0 Å². The molecule has 120 valence electrons. The van der Waals surface area contributed by atoms with Gasteiger partial charge in [-0.3, -0.25) is 4.79 Å². The summed E-state index contributed by atoms with van der Waals surface area (Å²) in [5.74, 6) is -5.10. The first kappa shape index (κ1) is 16.6. The van der Waals surface area contributed by atoms with Crippen LogP contribution in [0.4, 0.5) is 8.78 Å². The Morgan fingerprint density at radius 1 is 1.04 bits per heavy atom. The zero-order valence-electron chi connectivity index (χ0n) is 12.3. The number of hydrogen-bond donors (Lipinski definition) is 0. The molecule has 0 bridgehead atoms. The standard InChI is InChI=1S/C17H14F2O4/c1-2-22-17(21)16(20)15-13(18)8-12(9-14(15)19)23-10-11-6-4-3-5-7-11/h3-9H,2,10H2,1H3. The second-order valence-corrected chi connectivity index (χ2v) is 4.59. The smallest absolute Gasteiger partial charge is 0.379 e. The molecule has 0 saturated carbocycles. The quantitative estimate of drug-likeness (QED) is 0.465. The van der Waals surface area contributed by atoms with Gasteiger partial charge in [0, 0.05) is 12.1 Å². The number of esters is 1. The molecule has 0 radical (unpaired) electrons. The van der Waals surface area contributed by atoms with Crippen molar-refractivity contribution in [2.75, 3.05) is 6.61 Å². The SMILES string of the molecule is CCOC(=O)C(=O)c1c(F)cc(OCc2ccccc2)cc1F. The van der Waals surface area contributed by atoms with E-state index in [0.717, 1.165) is 17.7 Å². The fourth-order valence-corrected chi connectivity index (χ4v) is 1.89. The van der Waals surface area contributed by atoms with Crippen LogP contribution in [-0.2, 0) is 16.1 Å². The molecule has 0 spiro atoms. The third-order valence-electron chi connectivity index (χ3n) is 2.95. The highest BCUT2D eigenvalue weighted by atomic mass is 19.1. The summed E-state index contributed by atoms with van der Waals surface area (Å²) >= 11 is 0. The summed E-state index contributed by atoms with van der Waals surface area (Å²) in [6.45, 7) is 1.54. The minimum Gasteiger partial charge on any atom is -0.489 e. The number of carbonyl (C=O) groups is 2. The molecule has 2 aromatic rings. The van der Waals surface area contributed by atoms with Crippen LogP contribution < -0.4 is 4.74 Å². The predicted molar refractivity (Wildman–Crippen MR) is 78.1 cm³/mol. The number of ether oxygens (including phenoxy) is 2. The maximum absolute atomic E-state index is 13.9. The van der Waals surface area contributed by atoms with E-state index >= 15 is 0 Å². The lowest BCUT2D eigenvalue weighted by Gasteiger charge is -2.09. The Hall–Kier alpha value is -2.76. The minimum absolute atomic E-state index is 0.0634. The van der Waals surface area contributed by atoms with Gasteiger partial charge in [-0.15, -0.1) is 0 Å². The average molecular weight is 320 g/mol. The van der Waals surface area contributed by atoms with Gasteiger partial charge in [-0.25, -0.2) is 13.6 Å². The summed E-state index contributed by atoms with van der Waals surface area (Å²) in [6, 6.07) is 10.8. The van der Waals surface area contributed by atoms with Crippen molar-refractivity contribution >= 4 is 11.8 Å². The number of halogens is 2. The third-order valence-corrected chi connectivity index (χ3v) is 2.95. The molecule has 23 heavy (non-hydrogen) atoms. The van der Waals surface area contributed by atoms with Gasteiger partial charge in [0.25, 0.3) is 5.78 Å². The molecule has 0 unspecified atom stereocenters. The highest BCUT2D eigenvalue weighted by Crippen LogP contribution is 2.22. The first-order valence-corrected chi connectivity index (χ1v) is 6.90. The van der Waals surface area contributed by atoms with Crippen molar-refractivity contribution < 1.29 is 27.8 Å². The van der Waals surface area contributed by atoms with E-state index in [4.69, 9.17) is 4.74 Å².